The Morgan fingerprint density at radius 2 is 1.61 bits per heavy atom. The number of fused-ring (bicyclic) bond motifs is 1. The number of carbonyl (C=O) groups is 4. The van der Waals surface area contributed by atoms with Gasteiger partial charge < -0.3 is 24.8 Å². The maximum atomic E-state index is 14.0. The average Bonchev–Trinajstić information content (AvgIpc) is 3.02. The molecule has 1 aromatic heterocycles. The van der Waals surface area contributed by atoms with Crippen molar-refractivity contribution in [1.82, 2.24) is 20.1 Å². The van der Waals surface area contributed by atoms with E-state index < -0.39 is 60.2 Å². The predicted octanol–water partition coefficient (Wildman–Crippen LogP) is 6.41. The number of aryl methyl sites for hydroxylation is 1. The van der Waals surface area contributed by atoms with E-state index in [2.05, 4.69) is 10.3 Å². The largest absolute Gasteiger partial charge is 0.491 e. The van der Waals surface area contributed by atoms with Gasteiger partial charge in [-0.05, 0) is 70.2 Å². The van der Waals surface area contributed by atoms with Crippen molar-refractivity contribution in [2.45, 2.75) is 90.7 Å². The summed E-state index contributed by atoms with van der Waals surface area (Å²) < 4.78 is 53.4. The van der Waals surface area contributed by atoms with E-state index in [4.69, 9.17) is 9.47 Å². The Kier molecular flexibility index (Phi) is 13.4. The highest BCUT2D eigenvalue weighted by atomic mass is 19.4. The molecule has 0 aliphatic rings. The molecule has 0 saturated carbocycles. The fraction of sp³-hybridized carbons (Fsp3) is 0.486. The highest BCUT2D eigenvalue weighted by Gasteiger charge is 2.42. The van der Waals surface area contributed by atoms with E-state index in [0.717, 1.165) is 22.4 Å². The minimum absolute atomic E-state index is 0.00578. The normalized spacial score (nSPS) is 13.6. The van der Waals surface area contributed by atoms with Crippen LogP contribution in [0.3, 0.4) is 0 Å². The molecule has 3 rings (SSSR count). The third-order valence-corrected chi connectivity index (χ3v) is 8.00. The van der Waals surface area contributed by atoms with Crippen LogP contribution in [0, 0.1) is 12.8 Å². The number of aromatic carboxylic acids is 1. The molecule has 1 heterocycles. The molecule has 0 fully saturated rings. The standard InChI is InChI=1S/C37H47F3N4O7/c1-22(2)16-28(44(8)35(49)51-36(4,5)6)33(46)43(7)29(19-37(38,39)40)32(45)42-26(18-24-12-10-9-11-13-24)21-50-30-15-14-25-20-41-23(3)17-27(25)31(30)34(47)48/h9-15,17,20,22,26,28-29H,16,18-19,21H2,1-8H3,(H,42,45)(H,47,48)/t26-,28+,29-/m1/s1. The Balaban J connectivity index is 1.96. The number of pyridine rings is 1. The summed E-state index contributed by atoms with van der Waals surface area (Å²) in [6, 6.07) is 9.33. The maximum Gasteiger partial charge on any atom is 0.410 e. The number of carboxylic acid groups (broad SMARTS) is 1. The number of amides is 3. The summed E-state index contributed by atoms with van der Waals surface area (Å²) in [7, 11) is 2.43. The monoisotopic (exact) mass is 716 g/mol. The highest BCUT2D eigenvalue weighted by molar-refractivity contribution is 6.06. The van der Waals surface area contributed by atoms with Crippen molar-refractivity contribution in [3.05, 3.63) is 71.5 Å². The van der Waals surface area contributed by atoms with Crippen molar-refractivity contribution in [1.29, 1.82) is 0 Å². The van der Waals surface area contributed by atoms with E-state index in [1.54, 1.807) is 84.0 Å². The van der Waals surface area contributed by atoms with E-state index in [-0.39, 0.29) is 36.7 Å². The van der Waals surface area contributed by atoms with Crippen molar-refractivity contribution in [3.63, 3.8) is 0 Å². The summed E-state index contributed by atoms with van der Waals surface area (Å²) in [6.45, 7) is 9.91. The first-order chi connectivity index (χ1) is 23.7. The molecule has 0 radical (unpaired) electrons. The lowest BCUT2D eigenvalue weighted by atomic mass is 10.00. The Labute approximate surface area is 296 Å². The zero-order valence-electron chi connectivity index (χ0n) is 30.2. The average molecular weight is 717 g/mol. The van der Waals surface area contributed by atoms with Gasteiger partial charge in [0.25, 0.3) is 0 Å². The van der Waals surface area contributed by atoms with Crippen LogP contribution >= 0.6 is 0 Å². The number of nitrogens with one attached hydrogen (secondary N) is 1. The molecule has 3 amide bonds. The van der Waals surface area contributed by atoms with Crippen LogP contribution in [0.15, 0.2) is 54.7 Å². The number of carboxylic acids is 1. The van der Waals surface area contributed by atoms with E-state index >= 15 is 0 Å². The third-order valence-electron chi connectivity index (χ3n) is 8.00. The van der Waals surface area contributed by atoms with Gasteiger partial charge in [0.15, 0.2) is 0 Å². The number of aromatic nitrogens is 1. The number of nitrogens with zero attached hydrogens (tertiary/aromatic N) is 3. The smallest absolute Gasteiger partial charge is 0.410 e. The van der Waals surface area contributed by atoms with Gasteiger partial charge in [0.1, 0.15) is 35.6 Å². The lowest BCUT2D eigenvalue weighted by Gasteiger charge is -2.36. The van der Waals surface area contributed by atoms with Crippen LogP contribution < -0.4 is 10.1 Å². The molecule has 2 N–H and O–H groups in total. The van der Waals surface area contributed by atoms with Crippen molar-refractivity contribution >= 4 is 34.6 Å². The second kappa shape index (κ2) is 16.9. The van der Waals surface area contributed by atoms with Gasteiger partial charge in [0, 0.05) is 36.8 Å². The fourth-order valence-corrected chi connectivity index (χ4v) is 5.53. The molecule has 0 aliphatic carbocycles. The molecule has 14 heteroatoms. The summed E-state index contributed by atoms with van der Waals surface area (Å²) in [5.41, 5.74) is 0.274. The van der Waals surface area contributed by atoms with Crippen LogP contribution in [0.1, 0.15) is 69.1 Å². The van der Waals surface area contributed by atoms with Crippen LogP contribution in [0.2, 0.25) is 0 Å². The first-order valence-corrected chi connectivity index (χ1v) is 16.6. The Hall–Kier alpha value is -4.88. The number of rotatable bonds is 14. The molecule has 11 nitrogen and oxygen atoms in total. The van der Waals surface area contributed by atoms with Crippen LogP contribution in [0.25, 0.3) is 10.8 Å². The van der Waals surface area contributed by atoms with Gasteiger partial charge in [0.2, 0.25) is 11.8 Å². The van der Waals surface area contributed by atoms with E-state index in [0.29, 0.717) is 16.5 Å². The van der Waals surface area contributed by atoms with Gasteiger partial charge in [-0.1, -0.05) is 44.2 Å². The minimum Gasteiger partial charge on any atom is -0.491 e. The van der Waals surface area contributed by atoms with E-state index in [1.165, 1.54) is 19.3 Å². The molecule has 0 unspecified atom stereocenters. The Morgan fingerprint density at radius 1 is 0.961 bits per heavy atom. The number of halogens is 3. The number of ether oxygens (including phenoxy) is 2. The van der Waals surface area contributed by atoms with Gasteiger partial charge in [-0.3, -0.25) is 19.5 Å². The summed E-state index contributed by atoms with van der Waals surface area (Å²) in [4.78, 5) is 59.0. The second-order valence-electron chi connectivity index (χ2n) is 14.0. The molecule has 3 aromatic rings. The van der Waals surface area contributed by atoms with Crippen LogP contribution in [0.5, 0.6) is 5.75 Å². The summed E-state index contributed by atoms with van der Waals surface area (Å²) in [6.07, 6.45) is -5.61. The third kappa shape index (κ3) is 11.9. The summed E-state index contributed by atoms with van der Waals surface area (Å²) in [5.74, 6) is -3.39. The van der Waals surface area contributed by atoms with Crippen molar-refractivity contribution in [2.24, 2.45) is 5.92 Å². The van der Waals surface area contributed by atoms with Gasteiger partial charge in [0.05, 0.1) is 12.5 Å². The molecule has 0 aliphatic heterocycles. The van der Waals surface area contributed by atoms with Gasteiger partial charge >= 0.3 is 18.2 Å². The molecule has 0 spiro atoms. The zero-order valence-corrected chi connectivity index (χ0v) is 30.2. The highest BCUT2D eigenvalue weighted by Crippen LogP contribution is 2.29. The van der Waals surface area contributed by atoms with Gasteiger partial charge in [-0.25, -0.2) is 9.59 Å². The molecular weight excluding hydrogens is 669 g/mol. The minimum atomic E-state index is -4.85. The molecule has 278 valence electrons. The second-order valence-corrected chi connectivity index (χ2v) is 14.0. The van der Waals surface area contributed by atoms with E-state index in [9.17, 15) is 37.5 Å². The number of likely N-dealkylation sites (N-methyl/N-ethyl adjacent to an activating group) is 2. The van der Waals surface area contributed by atoms with Gasteiger partial charge in [-0.2, -0.15) is 13.2 Å². The molecule has 3 atom stereocenters. The van der Waals surface area contributed by atoms with Crippen molar-refractivity contribution in [2.75, 3.05) is 20.7 Å². The van der Waals surface area contributed by atoms with Crippen molar-refractivity contribution in [3.8, 4) is 5.75 Å². The zero-order chi connectivity index (χ0) is 38.3. The molecular formula is C37H47F3N4O7. The maximum absolute atomic E-state index is 14.0. The Morgan fingerprint density at radius 3 is 2.18 bits per heavy atom. The Bertz CT molecular complexity index is 1690. The summed E-state index contributed by atoms with van der Waals surface area (Å²) in [5, 5.41) is 13.7. The molecule has 0 bridgehead atoms. The number of alkyl halides is 3. The number of benzene rings is 2. The first kappa shape index (κ1) is 40.5. The van der Waals surface area contributed by atoms with Gasteiger partial charge in [-0.15, -0.1) is 0 Å². The molecule has 51 heavy (non-hydrogen) atoms. The van der Waals surface area contributed by atoms with E-state index in [1.807, 2.05) is 0 Å². The number of hydrogen-bond donors (Lipinski definition) is 2. The fourth-order valence-electron chi connectivity index (χ4n) is 5.53. The quantitative estimate of drug-likeness (QED) is 0.195. The van der Waals surface area contributed by atoms with Crippen LogP contribution in [-0.4, -0.2) is 94.4 Å². The molecule has 2 aromatic carbocycles. The lowest BCUT2D eigenvalue weighted by Crippen LogP contribution is -2.57. The molecule has 0 saturated heterocycles. The van der Waals surface area contributed by atoms with Crippen LogP contribution in [-0.2, 0) is 20.7 Å². The van der Waals surface area contributed by atoms with Crippen molar-refractivity contribution < 1.29 is 46.9 Å². The summed E-state index contributed by atoms with van der Waals surface area (Å²) >= 11 is 0. The van der Waals surface area contributed by atoms with Crippen LogP contribution in [0.4, 0.5) is 18.0 Å². The predicted molar refractivity (Wildman–Crippen MR) is 185 cm³/mol. The number of hydrogen-bond acceptors (Lipinski definition) is 7. The SMILES string of the molecule is Cc1cc2c(C(=O)O)c(OC[C@@H](Cc3ccccc3)NC(=O)[C@@H](CC(F)(F)F)N(C)C(=O)[C@H](CC(C)C)N(C)C(=O)OC(C)(C)C)ccc2cn1. The topological polar surface area (TPSA) is 138 Å². The lowest BCUT2D eigenvalue weighted by molar-refractivity contribution is -0.163. The number of carbonyl (C=O) groups excluding carboxylic acids is 3. The first-order valence-electron chi connectivity index (χ1n) is 16.6.